The van der Waals surface area contributed by atoms with Crippen LogP contribution in [0.2, 0.25) is 5.02 Å². The lowest BCUT2D eigenvalue weighted by atomic mass is 10.1. The van der Waals surface area contributed by atoms with Gasteiger partial charge in [0.25, 0.3) is 0 Å². The number of phenolic OH excluding ortho intramolecular Hbond substituents is 1. The zero-order chi connectivity index (χ0) is 16.8. The molecular weight excluding hydrogens is 318 g/mol. The first-order valence-electron chi connectivity index (χ1n) is 6.78. The molecule has 2 aromatic carbocycles. The average molecular weight is 334 g/mol. The maximum Gasteiger partial charge on any atom is 0.184 e. The number of methoxy groups -OCH3 is 2. The van der Waals surface area contributed by atoms with E-state index in [9.17, 15) is 9.90 Å². The second-order valence-electron chi connectivity index (χ2n) is 4.67. The number of Topliss-reactive ketones (excluding diaryl/α,β-unsaturated/α-hetero) is 1. The maximum atomic E-state index is 12.1. The minimum Gasteiger partial charge on any atom is -0.504 e. The zero-order valence-electron chi connectivity index (χ0n) is 12.7. The number of phenols is 1. The number of benzene rings is 2. The molecule has 23 heavy (non-hydrogen) atoms. The molecule has 0 unspecified atom stereocenters. The summed E-state index contributed by atoms with van der Waals surface area (Å²) in [6, 6.07) is 9.61. The third-order valence-corrected chi connectivity index (χ3v) is 3.39. The van der Waals surface area contributed by atoms with Crippen molar-refractivity contribution in [3.05, 3.63) is 52.5 Å². The molecule has 0 aliphatic carbocycles. The van der Waals surface area contributed by atoms with Gasteiger partial charge in [-0.25, -0.2) is 0 Å². The summed E-state index contributed by atoms with van der Waals surface area (Å²) in [5, 5.41) is 10.2. The van der Waals surface area contributed by atoms with E-state index in [0.717, 1.165) is 0 Å². The number of aliphatic imine (C=N–C) groups is 1. The zero-order valence-corrected chi connectivity index (χ0v) is 13.5. The minimum absolute atomic E-state index is 0.0541. The van der Waals surface area contributed by atoms with Crippen LogP contribution < -0.4 is 9.47 Å². The molecule has 0 fully saturated rings. The van der Waals surface area contributed by atoms with Crippen molar-refractivity contribution >= 4 is 23.6 Å². The van der Waals surface area contributed by atoms with Gasteiger partial charge in [-0.3, -0.25) is 9.79 Å². The van der Waals surface area contributed by atoms with Crippen molar-refractivity contribution in [1.82, 2.24) is 0 Å². The van der Waals surface area contributed by atoms with Gasteiger partial charge in [-0.1, -0.05) is 11.6 Å². The number of ether oxygens (including phenoxy) is 2. The second kappa shape index (κ2) is 7.65. The highest BCUT2D eigenvalue weighted by Gasteiger charge is 2.09. The molecule has 1 N–H and O–H groups in total. The highest BCUT2D eigenvalue weighted by atomic mass is 35.5. The molecule has 0 heterocycles. The predicted molar refractivity (Wildman–Crippen MR) is 89.5 cm³/mol. The van der Waals surface area contributed by atoms with Gasteiger partial charge in [-0.15, -0.1) is 0 Å². The SMILES string of the molecule is COc1ccc(C(=O)CN=Cc2cc(Cl)ccc2OC)cc1O. The van der Waals surface area contributed by atoms with Gasteiger partial charge >= 0.3 is 0 Å². The Morgan fingerprint density at radius 2 is 1.87 bits per heavy atom. The molecule has 0 spiro atoms. The highest BCUT2D eigenvalue weighted by Crippen LogP contribution is 2.26. The molecule has 0 radical (unpaired) electrons. The van der Waals surface area contributed by atoms with Crippen LogP contribution in [0.25, 0.3) is 0 Å². The number of nitrogens with zero attached hydrogens (tertiary/aromatic N) is 1. The van der Waals surface area contributed by atoms with Crippen LogP contribution in [0.1, 0.15) is 15.9 Å². The number of ketones is 1. The van der Waals surface area contributed by atoms with Gasteiger partial charge in [0.15, 0.2) is 17.3 Å². The first-order chi connectivity index (χ1) is 11.0. The number of carbonyl (C=O) groups is 1. The summed E-state index contributed by atoms with van der Waals surface area (Å²) in [6.45, 7) is -0.0541. The van der Waals surface area contributed by atoms with E-state index in [1.54, 1.807) is 31.4 Å². The van der Waals surface area contributed by atoms with Gasteiger partial charge in [-0.2, -0.15) is 0 Å². The molecule has 0 saturated carbocycles. The summed E-state index contributed by atoms with van der Waals surface area (Å²) in [4.78, 5) is 16.2. The van der Waals surface area contributed by atoms with Crippen molar-refractivity contribution in [3.63, 3.8) is 0 Å². The van der Waals surface area contributed by atoms with Crippen LogP contribution in [0.4, 0.5) is 0 Å². The van der Waals surface area contributed by atoms with E-state index in [0.29, 0.717) is 27.6 Å². The molecule has 0 bridgehead atoms. The predicted octanol–water partition coefficient (Wildman–Crippen LogP) is 3.36. The molecule has 6 heteroatoms. The fraction of sp³-hybridized carbons (Fsp3) is 0.176. The van der Waals surface area contributed by atoms with Crippen molar-refractivity contribution < 1.29 is 19.4 Å². The van der Waals surface area contributed by atoms with Crippen molar-refractivity contribution in [3.8, 4) is 17.2 Å². The van der Waals surface area contributed by atoms with E-state index in [2.05, 4.69) is 4.99 Å². The second-order valence-corrected chi connectivity index (χ2v) is 5.10. The van der Waals surface area contributed by atoms with Gasteiger partial charge in [-0.05, 0) is 36.4 Å². The van der Waals surface area contributed by atoms with Gasteiger partial charge < -0.3 is 14.6 Å². The average Bonchev–Trinajstić information content (AvgIpc) is 2.55. The lowest BCUT2D eigenvalue weighted by Crippen LogP contribution is -2.04. The number of hydrogen-bond acceptors (Lipinski definition) is 5. The Kier molecular flexibility index (Phi) is 5.60. The molecule has 0 aliphatic heterocycles. The quantitative estimate of drug-likeness (QED) is 0.650. The molecule has 2 aromatic rings. The number of aromatic hydroxyl groups is 1. The highest BCUT2D eigenvalue weighted by molar-refractivity contribution is 6.30. The summed E-state index contributed by atoms with van der Waals surface area (Å²) < 4.78 is 10.1. The molecule has 0 aromatic heterocycles. The summed E-state index contributed by atoms with van der Waals surface area (Å²) in [6.07, 6.45) is 1.53. The fourth-order valence-electron chi connectivity index (χ4n) is 1.99. The Labute approximate surface area is 139 Å². The molecule has 0 atom stereocenters. The van der Waals surface area contributed by atoms with Gasteiger partial charge in [0, 0.05) is 22.4 Å². The minimum atomic E-state index is -0.222. The summed E-state index contributed by atoms with van der Waals surface area (Å²) in [7, 11) is 2.99. The molecule has 0 aliphatic rings. The number of hydrogen-bond donors (Lipinski definition) is 1. The van der Waals surface area contributed by atoms with Gasteiger partial charge in [0.05, 0.1) is 14.2 Å². The molecular formula is C17H16ClNO4. The fourth-order valence-corrected chi connectivity index (χ4v) is 2.17. The van der Waals surface area contributed by atoms with Gasteiger partial charge in [0.1, 0.15) is 12.3 Å². The molecule has 5 nitrogen and oxygen atoms in total. The Morgan fingerprint density at radius 1 is 1.17 bits per heavy atom. The van der Waals surface area contributed by atoms with Crippen LogP contribution in [0, 0.1) is 0 Å². The standard InChI is InChI=1S/C17H16ClNO4/c1-22-16-6-4-13(18)7-12(16)9-19-10-15(21)11-3-5-17(23-2)14(20)8-11/h3-9,20H,10H2,1-2H3. The van der Waals surface area contributed by atoms with Crippen molar-refractivity contribution in [1.29, 1.82) is 0 Å². The molecule has 120 valence electrons. The Hall–Kier alpha value is -2.53. The van der Waals surface area contributed by atoms with Crippen LogP contribution in [-0.2, 0) is 0 Å². The van der Waals surface area contributed by atoms with Crippen molar-refractivity contribution in [2.45, 2.75) is 0 Å². The number of rotatable bonds is 6. The molecule has 2 rings (SSSR count). The van der Waals surface area contributed by atoms with Crippen molar-refractivity contribution in [2.75, 3.05) is 20.8 Å². The van der Waals surface area contributed by atoms with Crippen LogP contribution in [0.5, 0.6) is 17.2 Å². The first kappa shape index (κ1) is 16.8. The number of halogens is 1. The van der Waals surface area contributed by atoms with E-state index in [-0.39, 0.29) is 18.1 Å². The Balaban J connectivity index is 2.10. The summed E-state index contributed by atoms with van der Waals surface area (Å²) in [5.74, 6) is 0.625. The smallest absolute Gasteiger partial charge is 0.184 e. The molecule has 0 saturated heterocycles. The Bertz CT molecular complexity index is 743. The van der Waals surface area contributed by atoms with Gasteiger partial charge in [0.2, 0.25) is 0 Å². The monoisotopic (exact) mass is 333 g/mol. The van der Waals surface area contributed by atoms with Crippen molar-refractivity contribution in [2.24, 2.45) is 4.99 Å². The third kappa shape index (κ3) is 4.23. The summed E-state index contributed by atoms with van der Waals surface area (Å²) in [5.41, 5.74) is 1.05. The normalized spacial score (nSPS) is 10.7. The topological polar surface area (TPSA) is 68.1 Å². The largest absolute Gasteiger partial charge is 0.504 e. The lowest BCUT2D eigenvalue weighted by Gasteiger charge is -2.05. The Morgan fingerprint density at radius 3 is 2.52 bits per heavy atom. The van der Waals surface area contributed by atoms with Crippen LogP contribution in [-0.4, -0.2) is 37.9 Å². The first-order valence-corrected chi connectivity index (χ1v) is 7.16. The van der Waals surface area contributed by atoms with E-state index in [4.69, 9.17) is 21.1 Å². The van der Waals surface area contributed by atoms with Crippen LogP contribution >= 0.6 is 11.6 Å². The third-order valence-electron chi connectivity index (χ3n) is 3.16. The maximum absolute atomic E-state index is 12.1. The lowest BCUT2D eigenvalue weighted by molar-refractivity contribution is 0.100. The van der Waals surface area contributed by atoms with Crippen LogP contribution in [0.3, 0.4) is 0 Å². The van der Waals surface area contributed by atoms with E-state index >= 15 is 0 Å². The van der Waals surface area contributed by atoms with Crippen LogP contribution in [0.15, 0.2) is 41.4 Å². The van der Waals surface area contributed by atoms with E-state index < -0.39 is 0 Å². The molecule has 0 amide bonds. The van der Waals surface area contributed by atoms with E-state index in [1.807, 2.05) is 0 Å². The summed E-state index contributed by atoms with van der Waals surface area (Å²) >= 11 is 5.93. The number of carbonyl (C=O) groups excluding carboxylic acids is 1. The van der Waals surface area contributed by atoms with E-state index in [1.165, 1.54) is 25.5 Å².